The van der Waals surface area contributed by atoms with Gasteiger partial charge in [0.15, 0.2) is 5.78 Å². The zero-order valence-electron chi connectivity index (χ0n) is 21.7. The normalized spacial score (nSPS) is 19.5. The first-order chi connectivity index (χ1) is 16.7. The number of carbonyl (C=O) groups excluding carboxylic acids is 1. The van der Waals surface area contributed by atoms with Crippen molar-refractivity contribution >= 4 is 43.7 Å². The molecule has 4 aliphatic carbocycles. The molecule has 0 amide bonds. The van der Waals surface area contributed by atoms with Gasteiger partial charge in [0.2, 0.25) is 0 Å². The largest absolute Gasteiger partial charge is 0.294 e. The van der Waals surface area contributed by atoms with Crippen LogP contribution in [-0.2, 0) is 38.5 Å². The average Bonchev–Trinajstić information content (AvgIpc) is 3.57. The molecule has 0 saturated heterocycles. The summed E-state index contributed by atoms with van der Waals surface area (Å²) in [6, 6.07) is 4.63. The van der Waals surface area contributed by atoms with Gasteiger partial charge in [-0.2, -0.15) is 0 Å². The maximum Gasteiger partial charge on any atom is 0.166 e. The third-order valence-corrected chi connectivity index (χ3v) is 10.1. The topological polar surface area (TPSA) is 17.1 Å². The van der Waals surface area contributed by atoms with Crippen molar-refractivity contribution in [1.82, 2.24) is 0 Å². The van der Waals surface area contributed by atoms with Crippen molar-refractivity contribution in [2.24, 2.45) is 17.8 Å². The number of fused-ring (bicyclic) bond motifs is 4. The van der Waals surface area contributed by atoms with Crippen LogP contribution in [0.5, 0.6) is 0 Å². The van der Waals surface area contributed by atoms with Crippen molar-refractivity contribution < 1.29 is 4.79 Å². The van der Waals surface area contributed by atoms with Gasteiger partial charge in [-0.3, -0.25) is 4.79 Å². The fraction of sp³-hybridized carbons (Fsp3) is 0.531. The molecule has 0 fully saturated rings. The van der Waals surface area contributed by atoms with E-state index < -0.39 is 0 Å². The lowest BCUT2D eigenvalue weighted by atomic mass is 9.94. The number of benzene rings is 2. The second-order valence-corrected chi connectivity index (χ2v) is 13.5. The minimum atomic E-state index is 0.221. The molecule has 0 bridgehead atoms. The zero-order valence-corrected chi connectivity index (χ0v) is 24.9. The van der Waals surface area contributed by atoms with Gasteiger partial charge in [-0.1, -0.05) is 77.3 Å². The number of halogens is 2. The van der Waals surface area contributed by atoms with Crippen LogP contribution in [0.2, 0.25) is 0 Å². The molecule has 3 heteroatoms. The Morgan fingerprint density at radius 2 is 1.46 bits per heavy atom. The second-order valence-electron chi connectivity index (χ2n) is 11.9. The Kier molecular flexibility index (Phi) is 7.48. The number of carbonyl (C=O) groups is 1. The van der Waals surface area contributed by atoms with Gasteiger partial charge in [-0.15, -0.1) is 0 Å². The van der Waals surface area contributed by atoms with Gasteiger partial charge < -0.3 is 0 Å². The van der Waals surface area contributed by atoms with Gasteiger partial charge >= 0.3 is 0 Å². The summed E-state index contributed by atoms with van der Waals surface area (Å²) in [7, 11) is 0. The molecule has 0 spiro atoms. The highest BCUT2D eigenvalue weighted by Gasteiger charge is 2.34. The standard InChI is InChI=1S/C16H19BrO.C16H19Br/c1-9(2)6-11-8-13-14(16(11)18)7-10-4-3-5-12(10)15(13)17;1-10(2)6-11-7-13-9-12-4-3-5-14(12)16(17)15(13)8-11/h7,9,11H,3-6,8H2,1-2H3;7,9-10H,3-6,8H2,1-2H3. The zero-order chi connectivity index (χ0) is 24.9. The Morgan fingerprint density at radius 1 is 0.829 bits per heavy atom. The summed E-state index contributed by atoms with van der Waals surface area (Å²) < 4.78 is 2.66. The van der Waals surface area contributed by atoms with Crippen LogP contribution in [-0.4, -0.2) is 5.78 Å². The van der Waals surface area contributed by atoms with Gasteiger partial charge in [-0.05, 0) is 121 Å². The van der Waals surface area contributed by atoms with E-state index in [1.54, 1.807) is 22.3 Å². The summed E-state index contributed by atoms with van der Waals surface area (Å²) >= 11 is 7.60. The van der Waals surface area contributed by atoms with Gasteiger partial charge in [-0.25, -0.2) is 0 Å². The van der Waals surface area contributed by atoms with Crippen molar-refractivity contribution in [2.45, 2.75) is 91.9 Å². The summed E-state index contributed by atoms with van der Waals surface area (Å²) in [5, 5.41) is 0. The third-order valence-electron chi connectivity index (χ3n) is 8.18. The Hall–Kier alpha value is -1.19. The van der Waals surface area contributed by atoms with Crippen LogP contribution in [0.1, 0.15) is 103 Å². The van der Waals surface area contributed by atoms with Crippen LogP contribution in [0.4, 0.5) is 0 Å². The lowest BCUT2D eigenvalue weighted by Gasteiger charge is -2.10. The van der Waals surface area contributed by atoms with Crippen molar-refractivity contribution in [3.63, 3.8) is 0 Å². The number of Topliss-reactive ketones (excluding diaryl/α,β-unsaturated/α-hetero) is 1. The fourth-order valence-electron chi connectivity index (χ4n) is 6.70. The summed E-state index contributed by atoms with van der Waals surface area (Å²) in [5.41, 5.74) is 13.0. The maximum atomic E-state index is 12.5. The van der Waals surface area contributed by atoms with Gasteiger partial charge in [0.1, 0.15) is 0 Å². The average molecular weight is 598 g/mol. The van der Waals surface area contributed by atoms with Crippen LogP contribution < -0.4 is 0 Å². The van der Waals surface area contributed by atoms with E-state index in [1.165, 1.54) is 76.1 Å². The molecular weight excluding hydrogens is 560 g/mol. The molecule has 0 radical (unpaired) electrons. The van der Waals surface area contributed by atoms with Gasteiger partial charge in [0.05, 0.1) is 0 Å². The Balaban J connectivity index is 0.000000145. The second kappa shape index (κ2) is 10.3. The predicted octanol–water partition coefficient (Wildman–Crippen LogP) is 9.26. The highest BCUT2D eigenvalue weighted by molar-refractivity contribution is 9.11. The van der Waals surface area contributed by atoms with E-state index in [0.29, 0.717) is 11.7 Å². The monoisotopic (exact) mass is 596 g/mol. The van der Waals surface area contributed by atoms with E-state index in [4.69, 9.17) is 0 Å². The molecule has 0 saturated carbocycles. The molecule has 186 valence electrons. The first-order valence-corrected chi connectivity index (χ1v) is 15.2. The van der Waals surface area contributed by atoms with Crippen LogP contribution in [0.15, 0.2) is 26.7 Å². The molecule has 2 aromatic rings. The van der Waals surface area contributed by atoms with Crippen molar-refractivity contribution in [1.29, 1.82) is 0 Å². The Morgan fingerprint density at radius 3 is 2.09 bits per heavy atom. The SMILES string of the molecule is CC(C)CC1=Cc2cc3c(c(Br)c2C1)CCC3.CC(C)CC1Cc2c(cc3c(c2Br)CCC3)C1=O. The van der Waals surface area contributed by atoms with Crippen LogP contribution in [0, 0.1) is 17.8 Å². The smallest absolute Gasteiger partial charge is 0.166 e. The molecule has 35 heavy (non-hydrogen) atoms. The molecule has 0 aromatic heterocycles. The number of ketones is 1. The molecule has 1 atom stereocenters. The minimum absolute atomic E-state index is 0.221. The van der Waals surface area contributed by atoms with Crippen molar-refractivity contribution in [2.75, 3.05) is 0 Å². The number of hydrogen-bond donors (Lipinski definition) is 0. The molecule has 0 aliphatic heterocycles. The Bertz CT molecular complexity index is 1200. The molecule has 1 nitrogen and oxygen atoms in total. The first-order valence-electron chi connectivity index (χ1n) is 13.6. The summed E-state index contributed by atoms with van der Waals surface area (Å²) in [4.78, 5) is 12.5. The molecule has 4 aliphatic rings. The summed E-state index contributed by atoms with van der Waals surface area (Å²) in [6.45, 7) is 9.01. The van der Waals surface area contributed by atoms with E-state index in [2.05, 4.69) is 77.8 Å². The molecule has 2 aromatic carbocycles. The molecule has 0 N–H and O–H groups in total. The highest BCUT2D eigenvalue weighted by atomic mass is 79.9. The van der Waals surface area contributed by atoms with Gasteiger partial charge in [0, 0.05) is 20.4 Å². The number of allylic oxidation sites excluding steroid dienone is 1. The Labute approximate surface area is 228 Å². The first kappa shape index (κ1) is 25.5. The number of hydrogen-bond acceptors (Lipinski definition) is 1. The molecular formula is C32H38Br2O. The number of aryl methyl sites for hydroxylation is 2. The minimum Gasteiger partial charge on any atom is -0.294 e. The van der Waals surface area contributed by atoms with E-state index >= 15 is 0 Å². The predicted molar refractivity (Wildman–Crippen MR) is 154 cm³/mol. The van der Waals surface area contributed by atoms with Crippen molar-refractivity contribution in [3.05, 3.63) is 71.2 Å². The van der Waals surface area contributed by atoms with Crippen LogP contribution in [0.25, 0.3) is 6.08 Å². The summed E-state index contributed by atoms with van der Waals surface area (Å²) in [5.74, 6) is 1.97. The fourth-order valence-corrected chi connectivity index (χ4v) is 8.35. The lowest BCUT2D eigenvalue weighted by molar-refractivity contribution is 0.0922. The lowest BCUT2D eigenvalue weighted by Crippen LogP contribution is -2.11. The van der Waals surface area contributed by atoms with E-state index in [1.807, 2.05) is 0 Å². The van der Waals surface area contributed by atoms with E-state index in [0.717, 1.165) is 30.7 Å². The quantitative estimate of drug-likeness (QED) is 0.343. The third kappa shape index (κ3) is 5.01. The summed E-state index contributed by atoms with van der Waals surface area (Å²) in [6.07, 6.45) is 14.2. The van der Waals surface area contributed by atoms with Gasteiger partial charge in [0.25, 0.3) is 0 Å². The van der Waals surface area contributed by atoms with Crippen LogP contribution >= 0.6 is 31.9 Å². The van der Waals surface area contributed by atoms with E-state index in [-0.39, 0.29) is 5.92 Å². The molecule has 1 unspecified atom stereocenters. The van der Waals surface area contributed by atoms with E-state index in [9.17, 15) is 4.79 Å². The highest BCUT2D eigenvalue weighted by Crippen LogP contribution is 2.42. The molecule has 6 rings (SSSR count). The molecule has 0 heterocycles. The maximum absolute atomic E-state index is 12.5. The van der Waals surface area contributed by atoms with Crippen molar-refractivity contribution in [3.8, 4) is 0 Å². The number of rotatable bonds is 4. The van der Waals surface area contributed by atoms with Crippen LogP contribution in [0.3, 0.4) is 0 Å².